The lowest BCUT2D eigenvalue weighted by Crippen LogP contribution is -2.33. The Kier molecular flexibility index (Phi) is 5.57. The van der Waals surface area contributed by atoms with E-state index in [0.29, 0.717) is 0 Å². The lowest BCUT2D eigenvalue weighted by Gasteiger charge is -2.11. The van der Waals surface area contributed by atoms with Gasteiger partial charge in [0, 0.05) is 18.0 Å². The van der Waals surface area contributed by atoms with Crippen molar-refractivity contribution < 1.29 is 19.1 Å². The maximum absolute atomic E-state index is 13.4. The molecule has 0 aromatic heterocycles. The molecule has 0 aliphatic heterocycles. The van der Waals surface area contributed by atoms with Crippen molar-refractivity contribution in [2.24, 2.45) is 5.92 Å². The van der Waals surface area contributed by atoms with Crippen LogP contribution < -0.4 is 10.6 Å². The number of amides is 2. The molecule has 2 amide bonds. The Morgan fingerprint density at radius 2 is 2.16 bits per heavy atom. The molecule has 1 aromatic rings. The molecule has 0 aliphatic rings. The standard InChI is InChI=1S/C12H14ClFN2O3/c1-7(4-11(17)18)6-15-12(19)16-10-3-2-8(13)5-9(10)14/h2-3,5,7H,4,6H2,1H3,(H,17,18)(H2,15,16,19). The summed E-state index contributed by atoms with van der Waals surface area (Å²) < 4.78 is 13.4. The van der Waals surface area contributed by atoms with E-state index in [4.69, 9.17) is 16.7 Å². The molecule has 3 N–H and O–H groups in total. The van der Waals surface area contributed by atoms with Crippen LogP contribution in [0.1, 0.15) is 13.3 Å². The molecule has 1 rings (SSSR count). The van der Waals surface area contributed by atoms with Crippen molar-refractivity contribution in [3.8, 4) is 0 Å². The number of benzene rings is 1. The molecule has 0 heterocycles. The molecule has 0 saturated carbocycles. The predicted octanol–water partition coefficient (Wildman–Crippen LogP) is 2.71. The minimum absolute atomic E-state index is 0.00721. The quantitative estimate of drug-likeness (QED) is 0.779. The molecule has 1 atom stereocenters. The molecule has 5 nitrogen and oxygen atoms in total. The topological polar surface area (TPSA) is 78.4 Å². The van der Waals surface area contributed by atoms with E-state index in [9.17, 15) is 14.0 Å². The van der Waals surface area contributed by atoms with Gasteiger partial charge in [0.1, 0.15) is 5.82 Å². The fourth-order valence-corrected chi connectivity index (χ4v) is 1.55. The minimum Gasteiger partial charge on any atom is -0.481 e. The van der Waals surface area contributed by atoms with E-state index >= 15 is 0 Å². The minimum atomic E-state index is -0.932. The van der Waals surface area contributed by atoms with Crippen LogP contribution in [0, 0.1) is 11.7 Å². The number of carbonyl (C=O) groups excluding carboxylic acids is 1. The lowest BCUT2D eigenvalue weighted by molar-refractivity contribution is -0.137. The van der Waals surface area contributed by atoms with Crippen molar-refractivity contribution in [3.05, 3.63) is 29.0 Å². The zero-order valence-electron chi connectivity index (χ0n) is 10.2. The second-order valence-electron chi connectivity index (χ2n) is 4.16. The van der Waals surface area contributed by atoms with Gasteiger partial charge in [-0.05, 0) is 24.1 Å². The summed E-state index contributed by atoms with van der Waals surface area (Å²) >= 11 is 5.58. The molecule has 0 bridgehead atoms. The molecule has 1 unspecified atom stereocenters. The van der Waals surface area contributed by atoms with Gasteiger partial charge < -0.3 is 15.7 Å². The first-order valence-electron chi connectivity index (χ1n) is 5.60. The van der Waals surface area contributed by atoms with E-state index in [0.717, 1.165) is 6.07 Å². The molecular weight excluding hydrogens is 275 g/mol. The summed E-state index contributed by atoms with van der Waals surface area (Å²) in [7, 11) is 0. The average molecular weight is 289 g/mol. The highest BCUT2D eigenvalue weighted by atomic mass is 35.5. The number of urea groups is 1. The number of hydrogen-bond donors (Lipinski definition) is 3. The van der Waals surface area contributed by atoms with Gasteiger partial charge in [-0.3, -0.25) is 4.79 Å². The second kappa shape index (κ2) is 6.94. The summed E-state index contributed by atoms with van der Waals surface area (Å²) in [5.41, 5.74) is 0.00721. The molecule has 104 valence electrons. The normalized spacial score (nSPS) is 11.7. The number of nitrogens with one attached hydrogen (secondary N) is 2. The number of aliphatic carboxylic acids is 1. The third-order valence-corrected chi connectivity index (χ3v) is 2.55. The summed E-state index contributed by atoms with van der Waals surface area (Å²) in [5, 5.41) is 13.6. The number of carboxylic acid groups (broad SMARTS) is 1. The van der Waals surface area contributed by atoms with Crippen molar-refractivity contribution in [1.82, 2.24) is 5.32 Å². The molecular formula is C12H14ClFN2O3. The average Bonchev–Trinajstić information content (AvgIpc) is 2.29. The fourth-order valence-electron chi connectivity index (χ4n) is 1.39. The van der Waals surface area contributed by atoms with E-state index in [-0.39, 0.29) is 29.6 Å². The van der Waals surface area contributed by atoms with Gasteiger partial charge in [-0.15, -0.1) is 0 Å². The van der Waals surface area contributed by atoms with Gasteiger partial charge in [-0.2, -0.15) is 0 Å². The zero-order valence-corrected chi connectivity index (χ0v) is 11.0. The zero-order chi connectivity index (χ0) is 14.4. The van der Waals surface area contributed by atoms with Gasteiger partial charge in [0.15, 0.2) is 0 Å². The highest BCUT2D eigenvalue weighted by molar-refractivity contribution is 6.30. The van der Waals surface area contributed by atoms with Crippen LogP contribution in [0.25, 0.3) is 0 Å². The van der Waals surface area contributed by atoms with E-state index in [1.165, 1.54) is 12.1 Å². The highest BCUT2D eigenvalue weighted by Gasteiger charge is 2.11. The van der Waals surface area contributed by atoms with Crippen molar-refractivity contribution in [1.29, 1.82) is 0 Å². The van der Waals surface area contributed by atoms with Gasteiger partial charge in [0.2, 0.25) is 0 Å². The second-order valence-corrected chi connectivity index (χ2v) is 4.60. The molecule has 7 heteroatoms. The molecule has 0 aliphatic carbocycles. The monoisotopic (exact) mass is 288 g/mol. The summed E-state index contributed by atoms with van der Waals surface area (Å²) in [5.74, 6) is -1.78. The van der Waals surface area contributed by atoms with Crippen LogP contribution in [0.4, 0.5) is 14.9 Å². The molecule has 0 spiro atoms. The van der Waals surface area contributed by atoms with Crippen LogP contribution in [0.15, 0.2) is 18.2 Å². The molecule has 1 aromatic carbocycles. The van der Waals surface area contributed by atoms with E-state index in [2.05, 4.69) is 10.6 Å². The maximum atomic E-state index is 13.4. The van der Waals surface area contributed by atoms with Gasteiger partial charge in [0.25, 0.3) is 0 Å². The van der Waals surface area contributed by atoms with Crippen molar-refractivity contribution in [2.45, 2.75) is 13.3 Å². The van der Waals surface area contributed by atoms with Crippen LogP contribution in [0.2, 0.25) is 5.02 Å². The first kappa shape index (κ1) is 15.2. The van der Waals surface area contributed by atoms with Gasteiger partial charge >= 0.3 is 12.0 Å². The summed E-state index contributed by atoms with van der Waals surface area (Å²) in [6, 6.07) is 3.29. The Balaban J connectivity index is 2.45. The Bertz CT molecular complexity index is 482. The first-order valence-corrected chi connectivity index (χ1v) is 5.98. The molecule has 0 fully saturated rings. The highest BCUT2D eigenvalue weighted by Crippen LogP contribution is 2.18. The van der Waals surface area contributed by atoms with Crippen molar-refractivity contribution in [2.75, 3.05) is 11.9 Å². The number of hydrogen-bond acceptors (Lipinski definition) is 2. The smallest absolute Gasteiger partial charge is 0.319 e. The van der Waals surface area contributed by atoms with Crippen LogP contribution >= 0.6 is 11.6 Å². The Hall–Kier alpha value is -1.82. The van der Waals surface area contributed by atoms with E-state index in [1.807, 2.05) is 0 Å². The Morgan fingerprint density at radius 3 is 2.74 bits per heavy atom. The SMILES string of the molecule is CC(CNC(=O)Nc1ccc(Cl)cc1F)CC(=O)O. The number of rotatable bonds is 5. The molecule has 19 heavy (non-hydrogen) atoms. The third-order valence-electron chi connectivity index (χ3n) is 2.31. The largest absolute Gasteiger partial charge is 0.481 e. The molecule has 0 saturated heterocycles. The Labute approximate surface area is 114 Å². The van der Waals surface area contributed by atoms with Crippen LogP contribution in [-0.2, 0) is 4.79 Å². The summed E-state index contributed by atoms with van der Waals surface area (Å²) in [4.78, 5) is 21.9. The van der Waals surface area contributed by atoms with Gasteiger partial charge in [-0.25, -0.2) is 9.18 Å². The van der Waals surface area contributed by atoms with Crippen molar-refractivity contribution >= 4 is 29.3 Å². The fraction of sp³-hybridized carbons (Fsp3) is 0.333. The first-order chi connectivity index (χ1) is 8.88. The number of halogens is 2. The number of carboxylic acids is 1. The van der Waals surface area contributed by atoms with E-state index < -0.39 is 17.8 Å². The number of anilines is 1. The van der Waals surface area contributed by atoms with E-state index in [1.54, 1.807) is 6.92 Å². The summed E-state index contributed by atoms with van der Waals surface area (Å²) in [6.45, 7) is 1.88. The summed E-state index contributed by atoms with van der Waals surface area (Å²) in [6.07, 6.45) is -0.0460. The van der Waals surface area contributed by atoms with Crippen LogP contribution in [-0.4, -0.2) is 23.7 Å². The number of carbonyl (C=O) groups is 2. The van der Waals surface area contributed by atoms with Gasteiger partial charge in [-0.1, -0.05) is 18.5 Å². The molecule has 0 radical (unpaired) electrons. The maximum Gasteiger partial charge on any atom is 0.319 e. The van der Waals surface area contributed by atoms with Crippen LogP contribution in [0.3, 0.4) is 0 Å². The van der Waals surface area contributed by atoms with Gasteiger partial charge in [0.05, 0.1) is 5.69 Å². The predicted molar refractivity (Wildman–Crippen MR) is 69.8 cm³/mol. The lowest BCUT2D eigenvalue weighted by atomic mass is 10.1. The van der Waals surface area contributed by atoms with Crippen LogP contribution in [0.5, 0.6) is 0 Å². The Morgan fingerprint density at radius 1 is 1.47 bits per heavy atom. The van der Waals surface area contributed by atoms with Crippen molar-refractivity contribution in [3.63, 3.8) is 0 Å². The third kappa shape index (κ3) is 5.56.